The van der Waals surface area contributed by atoms with E-state index >= 15 is 0 Å². The molecule has 1 nitrogen and oxygen atoms in total. The molecule has 1 aromatic rings. The molecule has 0 atom stereocenters. The Morgan fingerprint density at radius 1 is 0.706 bits per heavy atom. The molecule has 1 heterocycles. The van der Waals surface area contributed by atoms with E-state index in [1.807, 2.05) is 0 Å². The number of pyridine rings is 1. The van der Waals surface area contributed by atoms with Crippen LogP contribution < -0.4 is 0 Å². The molecule has 0 aliphatic carbocycles. The number of nitrogens with zero attached hydrogens (tertiary/aromatic N) is 1. The summed E-state index contributed by atoms with van der Waals surface area (Å²) >= 11 is 0. The molecule has 0 aliphatic heterocycles. The average molecular weight is 233 g/mol. The first-order chi connectivity index (χ1) is 7.77. The molecule has 17 heavy (non-hydrogen) atoms. The van der Waals surface area contributed by atoms with Gasteiger partial charge in [-0.2, -0.15) is 0 Å². The van der Waals surface area contributed by atoms with Crippen molar-refractivity contribution >= 4 is 0 Å². The second-order valence-electron chi connectivity index (χ2n) is 6.00. The normalized spacial score (nSPS) is 11.9. The van der Waals surface area contributed by atoms with Crippen molar-refractivity contribution in [3.63, 3.8) is 0 Å². The van der Waals surface area contributed by atoms with Crippen LogP contribution in [-0.2, 0) is 0 Å². The maximum absolute atomic E-state index is 4.84. The van der Waals surface area contributed by atoms with Crippen molar-refractivity contribution in [1.82, 2.24) is 4.98 Å². The maximum atomic E-state index is 4.84. The van der Waals surface area contributed by atoms with Gasteiger partial charge >= 0.3 is 0 Å². The lowest BCUT2D eigenvalue weighted by atomic mass is 9.84. The summed E-state index contributed by atoms with van der Waals surface area (Å²) in [4.78, 5) is 4.84. The highest BCUT2D eigenvalue weighted by Gasteiger charge is 2.20. The predicted molar refractivity (Wildman–Crippen MR) is 76.0 cm³/mol. The second-order valence-corrected chi connectivity index (χ2v) is 6.00. The third kappa shape index (κ3) is 2.70. The van der Waals surface area contributed by atoms with Crippen molar-refractivity contribution in [1.29, 1.82) is 0 Å². The van der Waals surface area contributed by atoms with Crippen LogP contribution >= 0.6 is 0 Å². The lowest BCUT2D eigenvalue weighted by Crippen LogP contribution is -2.11. The van der Waals surface area contributed by atoms with Gasteiger partial charge in [-0.1, -0.05) is 41.5 Å². The fourth-order valence-electron chi connectivity index (χ4n) is 2.89. The number of aryl methyl sites for hydroxylation is 1. The minimum atomic E-state index is 0.507. The van der Waals surface area contributed by atoms with Crippen molar-refractivity contribution in [2.45, 2.75) is 73.1 Å². The van der Waals surface area contributed by atoms with E-state index in [0.29, 0.717) is 17.8 Å². The van der Waals surface area contributed by atoms with E-state index in [1.54, 1.807) is 0 Å². The van der Waals surface area contributed by atoms with E-state index < -0.39 is 0 Å². The van der Waals surface area contributed by atoms with Gasteiger partial charge < -0.3 is 0 Å². The minimum Gasteiger partial charge on any atom is -0.257 e. The van der Waals surface area contributed by atoms with Crippen molar-refractivity contribution in [3.8, 4) is 0 Å². The van der Waals surface area contributed by atoms with Crippen LogP contribution in [0.25, 0.3) is 0 Å². The second kappa shape index (κ2) is 5.20. The first-order valence-electron chi connectivity index (χ1n) is 6.78. The van der Waals surface area contributed by atoms with Crippen molar-refractivity contribution in [2.75, 3.05) is 0 Å². The Kier molecular flexibility index (Phi) is 4.35. The van der Waals surface area contributed by atoms with Gasteiger partial charge in [0.05, 0.1) is 0 Å². The first kappa shape index (κ1) is 14.2. The molecular formula is C16H27N. The van der Waals surface area contributed by atoms with Gasteiger partial charge in [0, 0.05) is 11.4 Å². The highest BCUT2D eigenvalue weighted by Crippen LogP contribution is 2.34. The minimum absolute atomic E-state index is 0.507. The number of aromatic nitrogens is 1. The van der Waals surface area contributed by atoms with Gasteiger partial charge in [0.1, 0.15) is 0 Å². The Labute approximate surface area is 107 Å². The van der Waals surface area contributed by atoms with E-state index in [0.717, 1.165) is 0 Å². The van der Waals surface area contributed by atoms with Crippen LogP contribution in [0.15, 0.2) is 0 Å². The van der Waals surface area contributed by atoms with Crippen LogP contribution in [0, 0.1) is 13.8 Å². The van der Waals surface area contributed by atoms with Gasteiger partial charge in [-0.3, -0.25) is 4.98 Å². The van der Waals surface area contributed by atoms with Gasteiger partial charge in [0.25, 0.3) is 0 Å². The van der Waals surface area contributed by atoms with Crippen LogP contribution in [0.1, 0.15) is 87.4 Å². The molecule has 0 aliphatic rings. The van der Waals surface area contributed by atoms with Crippen LogP contribution in [0.2, 0.25) is 0 Å². The molecule has 0 amide bonds. The molecule has 0 N–H and O–H groups in total. The van der Waals surface area contributed by atoms with Gasteiger partial charge in [0.2, 0.25) is 0 Å². The third-order valence-electron chi connectivity index (χ3n) is 3.46. The molecule has 1 heteroatoms. The van der Waals surface area contributed by atoms with Crippen molar-refractivity contribution < 1.29 is 0 Å². The Bertz CT molecular complexity index is 400. The van der Waals surface area contributed by atoms with Crippen molar-refractivity contribution in [2.24, 2.45) is 0 Å². The monoisotopic (exact) mass is 233 g/mol. The smallest absolute Gasteiger partial charge is 0.0464 e. The number of hydrogen-bond donors (Lipinski definition) is 0. The molecule has 0 saturated heterocycles. The molecular weight excluding hydrogens is 206 g/mol. The van der Waals surface area contributed by atoms with Gasteiger partial charge in [0.15, 0.2) is 0 Å². The molecule has 0 bridgehead atoms. The average Bonchev–Trinajstić information content (AvgIpc) is 2.18. The maximum Gasteiger partial charge on any atom is 0.0464 e. The summed E-state index contributed by atoms with van der Waals surface area (Å²) in [6.45, 7) is 18.0. The van der Waals surface area contributed by atoms with E-state index in [4.69, 9.17) is 4.98 Å². The zero-order valence-corrected chi connectivity index (χ0v) is 12.7. The summed E-state index contributed by atoms with van der Waals surface area (Å²) in [5.41, 5.74) is 6.89. The van der Waals surface area contributed by atoms with Crippen LogP contribution in [0.4, 0.5) is 0 Å². The highest BCUT2D eigenvalue weighted by atomic mass is 14.7. The Hall–Kier alpha value is -0.850. The standard InChI is InChI=1S/C16H27N/c1-9(2)14-12(7)16(11(5)6)17-13(8)15(14)10(3)4/h9-11H,1-8H3. The predicted octanol–water partition coefficient (Wildman–Crippen LogP) is 5.07. The quantitative estimate of drug-likeness (QED) is 0.710. The van der Waals surface area contributed by atoms with Crippen LogP contribution in [-0.4, -0.2) is 4.98 Å². The summed E-state index contributed by atoms with van der Waals surface area (Å²) < 4.78 is 0. The van der Waals surface area contributed by atoms with E-state index in [-0.39, 0.29) is 0 Å². The topological polar surface area (TPSA) is 12.9 Å². The summed E-state index contributed by atoms with van der Waals surface area (Å²) in [5.74, 6) is 1.64. The zero-order chi connectivity index (χ0) is 13.3. The van der Waals surface area contributed by atoms with E-state index in [1.165, 1.54) is 28.1 Å². The van der Waals surface area contributed by atoms with Gasteiger partial charge in [-0.15, -0.1) is 0 Å². The molecule has 0 fully saturated rings. The largest absolute Gasteiger partial charge is 0.257 e. The Morgan fingerprint density at radius 2 is 1.18 bits per heavy atom. The summed E-state index contributed by atoms with van der Waals surface area (Å²) in [7, 11) is 0. The zero-order valence-electron chi connectivity index (χ0n) is 12.7. The number of rotatable bonds is 3. The van der Waals surface area contributed by atoms with Crippen molar-refractivity contribution in [3.05, 3.63) is 28.1 Å². The van der Waals surface area contributed by atoms with E-state index in [2.05, 4.69) is 55.4 Å². The Morgan fingerprint density at radius 3 is 1.53 bits per heavy atom. The Balaban J connectivity index is 3.59. The molecule has 0 saturated carbocycles. The van der Waals surface area contributed by atoms with E-state index in [9.17, 15) is 0 Å². The molecule has 0 unspecified atom stereocenters. The van der Waals surface area contributed by atoms with Gasteiger partial charge in [-0.05, 0) is 48.3 Å². The summed E-state index contributed by atoms with van der Waals surface area (Å²) in [6, 6.07) is 0. The van der Waals surface area contributed by atoms with Crippen LogP contribution in [0.5, 0.6) is 0 Å². The van der Waals surface area contributed by atoms with Gasteiger partial charge in [-0.25, -0.2) is 0 Å². The SMILES string of the molecule is Cc1nc(C(C)C)c(C)c(C(C)C)c1C(C)C. The lowest BCUT2D eigenvalue weighted by molar-refractivity contribution is 0.729. The fraction of sp³-hybridized carbons (Fsp3) is 0.688. The molecule has 1 aromatic heterocycles. The molecule has 0 spiro atoms. The fourth-order valence-corrected chi connectivity index (χ4v) is 2.89. The van der Waals surface area contributed by atoms with Crippen LogP contribution in [0.3, 0.4) is 0 Å². The molecule has 0 aromatic carbocycles. The third-order valence-corrected chi connectivity index (χ3v) is 3.46. The molecule has 1 rings (SSSR count). The highest BCUT2D eigenvalue weighted by molar-refractivity contribution is 5.44. The molecule has 96 valence electrons. The first-order valence-corrected chi connectivity index (χ1v) is 6.78. The lowest BCUT2D eigenvalue weighted by Gasteiger charge is -2.24. The molecule has 0 radical (unpaired) electrons. The summed E-state index contributed by atoms with van der Waals surface area (Å²) in [5, 5.41) is 0. The number of hydrogen-bond acceptors (Lipinski definition) is 1. The summed E-state index contributed by atoms with van der Waals surface area (Å²) in [6.07, 6.45) is 0.